The molecule has 19 heavy (non-hydrogen) atoms. The Hall–Kier alpha value is -1.99. The predicted molar refractivity (Wildman–Crippen MR) is 61.0 cm³/mol. The molecule has 6 nitrogen and oxygen atoms in total. The molecule has 0 aliphatic heterocycles. The van der Waals surface area contributed by atoms with Gasteiger partial charge in [-0.1, -0.05) is 6.07 Å². The largest absolute Gasteiger partial charge is 0.481 e. The molecule has 0 amide bonds. The molecule has 0 bridgehead atoms. The summed E-state index contributed by atoms with van der Waals surface area (Å²) in [6.45, 7) is 0. The zero-order chi connectivity index (χ0) is 14.6. The van der Waals surface area contributed by atoms with E-state index in [1.165, 1.54) is 0 Å². The maximum absolute atomic E-state index is 13.0. The molecule has 0 aliphatic carbocycles. The summed E-state index contributed by atoms with van der Waals surface area (Å²) in [6, 6.07) is 3.06. The van der Waals surface area contributed by atoms with Crippen LogP contribution in [0.2, 0.25) is 0 Å². The topological polar surface area (TPSA) is 115 Å². The van der Waals surface area contributed by atoms with Gasteiger partial charge in [-0.05, 0) is 23.3 Å². The molecule has 0 saturated heterocycles. The molecule has 1 rings (SSSR count). The van der Waals surface area contributed by atoms with Gasteiger partial charge >= 0.3 is 11.9 Å². The third-order valence-corrected chi connectivity index (χ3v) is 2.51. The van der Waals surface area contributed by atoms with Crippen molar-refractivity contribution in [2.45, 2.75) is 25.0 Å². The molecule has 4 N–H and O–H groups in total. The summed E-state index contributed by atoms with van der Waals surface area (Å²) in [7, 11) is 0. The second-order valence-corrected chi connectivity index (χ2v) is 4.02. The lowest BCUT2D eigenvalue weighted by Crippen LogP contribution is -2.23. The molecule has 0 fully saturated rings. The fourth-order valence-electron chi connectivity index (χ4n) is 1.68. The highest BCUT2D eigenvalue weighted by Gasteiger charge is 2.24. The highest BCUT2D eigenvalue weighted by molar-refractivity contribution is 5.71. The summed E-state index contributed by atoms with van der Waals surface area (Å²) < 4.78 is 13.0. The van der Waals surface area contributed by atoms with Gasteiger partial charge in [0, 0.05) is 0 Å². The number of carbonyl (C=O) groups is 2. The second kappa shape index (κ2) is 6.26. The summed E-state index contributed by atoms with van der Waals surface area (Å²) in [5.74, 6) is -3.22. The Labute approximate surface area is 107 Å². The van der Waals surface area contributed by atoms with Crippen LogP contribution in [0.4, 0.5) is 4.39 Å². The molecule has 1 aromatic carbocycles. The lowest BCUT2D eigenvalue weighted by Gasteiger charge is -2.19. The van der Waals surface area contributed by atoms with E-state index in [4.69, 9.17) is 10.2 Å². The smallest absolute Gasteiger partial charge is 0.307 e. The van der Waals surface area contributed by atoms with Crippen LogP contribution in [0.3, 0.4) is 0 Å². The first kappa shape index (κ1) is 15.1. The number of rotatable bonds is 6. The summed E-state index contributed by atoms with van der Waals surface area (Å²) >= 11 is 0. The maximum atomic E-state index is 13.0. The fourth-order valence-corrected chi connectivity index (χ4v) is 1.68. The Balaban J connectivity index is 3.03. The van der Waals surface area contributed by atoms with Crippen molar-refractivity contribution in [2.24, 2.45) is 0 Å². The zero-order valence-electron chi connectivity index (χ0n) is 9.78. The van der Waals surface area contributed by atoms with Crippen molar-refractivity contribution in [2.75, 3.05) is 0 Å². The maximum Gasteiger partial charge on any atom is 0.307 e. The van der Waals surface area contributed by atoms with Crippen LogP contribution in [0.5, 0.6) is 0 Å². The average Bonchev–Trinajstić information content (AvgIpc) is 2.26. The van der Waals surface area contributed by atoms with Crippen LogP contribution in [-0.4, -0.2) is 38.5 Å². The molecule has 2 atom stereocenters. The van der Waals surface area contributed by atoms with E-state index in [9.17, 15) is 24.2 Å². The van der Waals surface area contributed by atoms with Crippen LogP contribution in [0.15, 0.2) is 18.2 Å². The van der Waals surface area contributed by atoms with Crippen molar-refractivity contribution < 1.29 is 34.4 Å². The first-order chi connectivity index (χ1) is 8.81. The van der Waals surface area contributed by atoms with Crippen LogP contribution in [-0.2, 0) is 16.0 Å². The molecule has 0 aliphatic rings. The Morgan fingerprint density at radius 2 is 1.79 bits per heavy atom. The van der Waals surface area contributed by atoms with Gasteiger partial charge in [-0.25, -0.2) is 4.39 Å². The van der Waals surface area contributed by atoms with Crippen molar-refractivity contribution in [3.63, 3.8) is 0 Å². The average molecular weight is 272 g/mol. The summed E-state index contributed by atoms with van der Waals surface area (Å²) in [4.78, 5) is 21.1. The third kappa shape index (κ3) is 4.31. The quantitative estimate of drug-likeness (QED) is 0.593. The van der Waals surface area contributed by atoms with Gasteiger partial charge in [0.15, 0.2) is 0 Å². The minimum absolute atomic E-state index is 0.00227. The minimum Gasteiger partial charge on any atom is -0.481 e. The lowest BCUT2D eigenvalue weighted by molar-refractivity contribution is -0.141. The van der Waals surface area contributed by atoms with Gasteiger partial charge in [0.1, 0.15) is 11.9 Å². The third-order valence-electron chi connectivity index (χ3n) is 2.51. The molecule has 1 aromatic rings. The predicted octanol–water partition coefficient (Wildman–Crippen LogP) is 0.322. The fraction of sp³-hybridized carbons (Fsp3) is 0.333. The number of aliphatic hydroxyl groups is 2. The minimum atomic E-state index is -1.60. The van der Waals surface area contributed by atoms with Gasteiger partial charge in [0.2, 0.25) is 0 Å². The van der Waals surface area contributed by atoms with Gasteiger partial charge in [-0.3, -0.25) is 9.59 Å². The number of benzene rings is 1. The normalized spacial score (nSPS) is 13.8. The number of aliphatic hydroxyl groups excluding tert-OH is 2. The van der Waals surface area contributed by atoms with E-state index < -0.39 is 42.8 Å². The van der Waals surface area contributed by atoms with E-state index in [0.29, 0.717) is 0 Å². The molecule has 0 radical (unpaired) electrons. The molecule has 0 saturated carbocycles. The van der Waals surface area contributed by atoms with E-state index in [1.807, 2.05) is 0 Å². The van der Waals surface area contributed by atoms with Crippen LogP contribution in [0.1, 0.15) is 23.7 Å². The molecular weight excluding hydrogens is 259 g/mol. The molecule has 0 spiro atoms. The Kier molecular flexibility index (Phi) is 4.96. The van der Waals surface area contributed by atoms with Crippen LogP contribution >= 0.6 is 0 Å². The molecule has 0 heterocycles. The van der Waals surface area contributed by atoms with E-state index in [0.717, 1.165) is 18.2 Å². The zero-order valence-corrected chi connectivity index (χ0v) is 9.78. The molecule has 7 heteroatoms. The van der Waals surface area contributed by atoms with Crippen LogP contribution < -0.4 is 0 Å². The monoisotopic (exact) mass is 272 g/mol. The Morgan fingerprint density at radius 1 is 1.16 bits per heavy atom. The first-order valence-corrected chi connectivity index (χ1v) is 5.39. The van der Waals surface area contributed by atoms with Gasteiger partial charge < -0.3 is 20.4 Å². The van der Waals surface area contributed by atoms with Crippen molar-refractivity contribution in [1.82, 2.24) is 0 Å². The highest BCUT2D eigenvalue weighted by Crippen LogP contribution is 2.24. The molecule has 104 valence electrons. The number of hydrogen-bond donors (Lipinski definition) is 4. The first-order valence-electron chi connectivity index (χ1n) is 5.39. The summed E-state index contributed by atoms with van der Waals surface area (Å²) in [5, 5.41) is 36.5. The van der Waals surface area contributed by atoms with Gasteiger partial charge in [-0.15, -0.1) is 0 Å². The SMILES string of the molecule is O=C(O)Cc1cc(F)ccc1C(O)C(O)CC(=O)O. The van der Waals surface area contributed by atoms with Crippen molar-refractivity contribution in [3.8, 4) is 0 Å². The molecular formula is C12H13FO6. The van der Waals surface area contributed by atoms with E-state index >= 15 is 0 Å². The van der Waals surface area contributed by atoms with Crippen LogP contribution in [0, 0.1) is 5.82 Å². The second-order valence-electron chi connectivity index (χ2n) is 4.02. The summed E-state index contributed by atoms with van der Waals surface area (Å²) in [5.41, 5.74) is -0.0120. The standard InChI is InChI=1S/C12H13FO6/c13-7-1-2-8(6(3-7)4-10(15)16)12(19)9(14)5-11(17)18/h1-3,9,12,14,19H,4-5H2,(H,15,16)(H,17,18). The van der Waals surface area contributed by atoms with E-state index in [1.54, 1.807) is 0 Å². The van der Waals surface area contributed by atoms with E-state index in [2.05, 4.69) is 0 Å². The van der Waals surface area contributed by atoms with Gasteiger partial charge in [0.25, 0.3) is 0 Å². The molecule has 2 unspecified atom stereocenters. The Morgan fingerprint density at radius 3 is 2.32 bits per heavy atom. The van der Waals surface area contributed by atoms with Crippen molar-refractivity contribution >= 4 is 11.9 Å². The van der Waals surface area contributed by atoms with Crippen molar-refractivity contribution in [3.05, 3.63) is 35.1 Å². The van der Waals surface area contributed by atoms with Gasteiger partial charge in [0.05, 0.1) is 18.9 Å². The summed E-state index contributed by atoms with van der Waals surface area (Å²) in [6.07, 6.45) is -4.43. The van der Waals surface area contributed by atoms with E-state index in [-0.39, 0.29) is 11.1 Å². The molecule has 0 aromatic heterocycles. The number of aliphatic carboxylic acids is 2. The number of hydrogen-bond acceptors (Lipinski definition) is 4. The number of halogens is 1. The van der Waals surface area contributed by atoms with Gasteiger partial charge in [-0.2, -0.15) is 0 Å². The number of carboxylic acids is 2. The lowest BCUT2D eigenvalue weighted by atomic mass is 9.95. The van der Waals surface area contributed by atoms with Crippen LogP contribution in [0.25, 0.3) is 0 Å². The highest BCUT2D eigenvalue weighted by atomic mass is 19.1. The van der Waals surface area contributed by atoms with Crippen molar-refractivity contribution in [1.29, 1.82) is 0 Å². The Bertz CT molecular complexity index is 487. The number of carboxylic acid groups (broad SMARTS) is 2.